The lowest BCUT2D eigenvalue weighted by Gasteiger charge is -2.23. The van der Waals surface area contributed by atoms with E-state index in [1.54, 1.807) is 0 Å². The summed E-state index contributed by atoms with van der Waals surface area (Å²) in [6.07, 6.45) is 0.877. The van der Waals surface area contributed by atoms with Crippen LogP contribution in [0.2, 0.25) is 0 Å². The van der Waals surface area contributed by atoms with Crippen LogP contribution in [0.15, 0.2) is 54.6 Å². The minimum Gasteiger partial charge on any atom is -0.342 e. The Kier molecular flexibility index (Phi) is 3.55. The Balaban J connectivity index is 2.38. The normalized spacial score (nSPS) is 9.94. The van der Waals surface area contributed by atoms with Gasteiger partial charge in [0, 0.05) is 23.5 Å². The van der Waals surface area contributed by atoms with Crippen molar-refractivity contribution in [2.24, 2.45) is 0 Å². The predicted octanol–water partition coefficient (Wildman–Crippen LogP) is 3.66. The van der Waals surface area contributed by atoms with E-state index >= 15 is 0 Å². The van der Waals surface area contributed by atoms with Gasteiger partial charge in [-0.2, -0.15) is 0 Å². The number of rotatable bonds is 4. The maximum absolute atomic E-state index is 10.8. The van der Waals surface area contributed by atoms with Gasteiger partial charge in [0.05, 0.1) is 0 Å². The fourth-order valence-electron chi connectivity index (χ4n) is 1.89. The van der Waals surface area contributed by atoms with Crippen LogP contribution in [0.1, 0.15) is 17.3 Å². The third-order valence-electron chi connectivity index (χ3n) is 2.70. The monoisotopic (exact) mass is 225 g/mol. The van der Waals surface area contributed by atoms with Gasteiger partial charge in [-0.05, 0) is 31.2 Å². The highest BCUT2D eigenvalue weighted by Crippen LogP contribution is 2.24. The van der Waals surface area contributed by atoms with E-state index < -0.39 is 0 Å². The zero-order chi connectivity index (χ0) is 12.1. The van der Waals surface area contributed by atoms with Crippen molar-refractivity contribution >= 4 is 17.7 Å². The smallest absolute Gasteiger partial charge is 0.150 e. The van der Waals surface area contributed by atoms with E-state index in [9.17, 15) is 4.79 Å². The number of benzene rings is 2. The molecule has 0 spiro atoms. The summed E-state index contributed by atoms with van der Waals surface area (Å²) in [6.45, 7) is 2.97. The summed E-state index contributed by atoms with van der Waals surface area (Å²) in [5, 5.41) is 0. The quantitative estimate of drug-likeness (QED) is 0.740. The second kappa shape index (κ2) is 5.30. The first-order valence-corrected chi connectivity index (χ1v) is 5.73. The Labute approximate surface area is 102 Å². The van der Waals surface area contributed by atoms with Gasteiger partial charge in [-0.1, -0.05) is 30.3 Å². The van der Waals surface area contributed by atoms with Crippen molar-refractivity contribution in [3.63, 3.8) is 0 Å². The molecule has 2 rings (SSSR count). The summed E-state index contributed by atoms with van der Waals surface area (Å²) in [5.74, 6) is 0. The first-order chi connectivity index (χ1) is 8.35. The molecule has 0 saturated carbocycles. The van der Waals surface area contributed by atoms with Crippen molar-refractivity contribution in [1.82, 2.24) is 0 Å². The minimum atomic E-state index is 0.705. The number of carbonyl (C=O) groups is 1. The molecule has 0 heterocycles. The van der Waals surface area contributed by atoms with Crippen molar-refractivity contribution < 1.29 is 4.79 Å². The molecule has 0 aliphatic carbocycles. The second-order valence-corrected chi connectivity index (χ2v) is 3.79. The highest BCUT2D eigenvalue weighted by Gasteiger charge is 2.06. The van der Waals surface area contributed by atoms with Crippen LogP contribution in [0, 0.1) is 0 Å². The molecule has 17 heavy (non-hydrogen) atoms. The van der Waals surface area contributed by atoms with E-state index in [2.05, 4.69) is 24.0 Å². The van der Waals surface area contributed by atoms with E-state index in [-0.39, 0.29) is 0 Å². The van der Waals surface area contributed by atoms with Crippen molar-refractivity contribution in [2.75, 3.05) is 11.4 Å². The molecule has 0 fully saturated rings. The topological polar surface area (TPSA) is 20.3 Å². The van der Waals surface area contributed by atoms with Gasteiger partial charge in [0.2, 0.25) is 0 Å². The number of aldehydes is 1. The van der Waals surface area contributed by atoms with E-state index in [0.29, 0.717) is 5.56 Å². The lowest BCUT2D eigenvalue weighted by atomic mass is 10.2. The standard InChI is InChI=1S/C15H15NO/c1-2-16(14-8-4-3-5-9-14)15-10-6-7-13(11-15)12-17/h3-12H,2H2,1H3. The Bertz CT molecular complexity index is 493. The maximum atomic E-state index is 10.8. The summed E-state index contributed by atoms with van der Waals surface area (Å²) in [4.78, 5) is 13.0. The van der Waals surface area contributed by atoms with E-state index in [0.717, 1.165) is 24.2 Å². The van der Waals surface area contributed by atoms with Crippen LogP contribution in [0.4, 0.5) is 11.4 Å². The van der Waals surface area contributed by atoms with Gasteiger partial charge in [-0.25, -0.2) is 0 Å². The molecule has 0 amide bonds. The first kappa shape index (κ1) is 11.4. The molecule has 0 bridgehead atoms. The van der Waals surface area contributed by atoms with Crippen LogP contribution in [-0.2, 0) is 0 Å². The molecule has 0 radical (unpaired) electrons. The number of nitrogens with zero attached hydrogens (tertiary/aromatic N) is 1. The Morgan fingerprint density at radius 3 is 2.35 bits per heavy atom. The largest absolute Gasteiger partial charge is 0.342 e. The fourth-order valence-corrected chi connectivity index (χ4v) is 1.89. The number of carbonyl (C=O) groups excluding carboxylic acids is 1. The zero-order valence-electron chi connectivity index (χ0n) is 9.84. The first-order valence-electron chi connectivity index (χ1n) is 5.73. The van der Waals surface area contributed by atoms with Gasteiger partial charge in [-0.3, -0.25) is 4.79 Å². The van der Waals surface area contributed by atoms with Gasteiger partial charge in [0.1, 0.15) is 6.29 Å². The molecule has 0 aliphatic rings. The Hall–Kier alpha value is -2.09. The van der Waals surface area contributed by atoms with Crippen LogP contribution in [0.25, 0.3) is 0 Å². The average molecular weight is 225 g/mol. The van der Waals surface area contributed by atoms with Crippen LogP contribution in [0.5, 0.6) is 0 Å². The van der Waals surface area contributed by atoms with Gasteiger partial charge < -0.3 is 4.90 Å². The number of hydrogen-bond acceptors (Lipinski definition) is 2. The molecule has 2 aromatic carbocycles. The van der Waals surface area contributed by atoms with Crippen molar-refractivity contribution in [2.45, 2.75) is 6.92 Å². The highest BCUT2D eigenvalue weighted by atomic mass is 16.1. The van der Waals surface area contributed by atoms with Crippen LogP contribution >= 0.6 is 0 Å². The molecule has 86 valence electrons. The SMILES string of the molecule is CCN(c1ccccc1)c1cccc(C=O)c1. The number of para-hydroxylation sites is 1. The Morgan fingerprint density at radius 2 is 1.71 bits per heavy atom. The van der Waals surface area contributed by atoms with Crippen LogP contribution in [-0.4, -0.2) is 12.8 Å². The van der Waals surface area contributed by atoms with Gasteiger partial charge in [0.15, 0.2) is 0 Å². The summed E-state index contributed by atoms with van der Waals surface area (Å²) in [7, 11) is 0. The lowest BCUT2D eigenvalue weighted by Crippen LogP contribution is -2.15. The summed E-state index contributed by atoms with van der Waals surface area (Å²) in [5.41, 5.74) is 2.89. The zero-order valence-corrected chi connectivity index (χ0v) is 9.84. The molecular weight excluding hydrogens is 210 g/mol. The molecule has 2 aromatic rings. The number of anilines is 2. The molecule has 0 atom stereocenters. The van der Waals surface area contributed by atoms with Gasteiger partial charge in [-0.15, -0.1) is 0 Å². The van der Waals surface area contributed by atoms with Gasteiger partial charge in [0.25, 0.3) is 0 Å². The fraction of sp³-hybridized carbons (Fsp3) is 0.133. The summed E-state index contributed by atoms with van der Waals surface area (Å²) in [6, 6.07) is 17.8. The Morgan fingerprint density at radius 1 is 1.00 bits per heavy atom. The molecule has 2 heteroatoms. The second-order valence-electron chi connectivity index (χ2n) is 3.79. The molecular formula is C15H15NO. The minimum absolute atomic E-state index is 0.705. The third-order valence-corrected chi connectivity index (χ3v) is 2.70. The maximum Gasteiger partial charge on any atom is 0.150 e. The van der Waals surface area contributed by atoms with E-state index in [1.165, 1.54) is 0 Å². The predicted molar refractivity (Wildman–Crippen MR) is 71.0 cm³/mol. The molecule has 0 saturated heterocycles. The van der Waals surface area contributed by atoms with Crippen molar-refractivity contribution in [3.8, 4) is 0 Å². The highest BCUT2D eigenvalue weighted by molar-refractivity contribution is 5.78. The van der Waals surface area contributed by atoms with Crippen molar-refractivity contribution in [1.29, 1.82) is 0 Å². The van der Waals surface area contributed by atoms with Crippen LogP contribution < -0.4 is 4.90 Å². The molecule has 2 nitrogen and oxygen atoms in total. The summed E-state index contributed by atoms with van der Waals surface area (Å²) < 4.78 is 0. The lowest BCUT2D eigenvalue weighted by molar-refractivity contribution is 0.112. The van der Waals surface area contributed by atoms with E-state index in [1.807, 2.05) is 42.5 Å². The van der Waals surface area contributed by atoms with Crippen LogP contribution in [0.3, 0.4) is 0 Å². The molecule has 0 unspecified atom stereocenters. The number of hydrogen-bond donors (Lipinski definition) is 0. The van der Waals surface area contributed by atoms with Crippen molar-refractivity contribution in [3.05, 3.63) is 60.2 Å². The molecule has 0 aromatic heterocycles. The third kappa shape index (κ3) is 2.53. The average Bonchev–Trinajstić information content (AvgIpc) is 2.41. The van der Waals surface area contributed by atoms with Gasteiger partial charge >= 0.3 is 0 Å². The van der Waals surface area contributed by atoms with E-state index in [4.69, 9.17) is 0 Å². The molecule has 0 aliphatic heterocycles. The molecule has 0 N–H and O–H groups in total. The summed E-state index contributed by atoms with van der Waals surface area (Å²) >= 11 is 0.